The summed E-state index contributed by atoms with van der Waals surface area (Å²) in [6.07, 6.45) is 2.82. The Morgan fingerprint density at radius 3 is 2.50 bits per heavy atom. The number of hydrogen-bond acceptors (Lipinski definition) is 3. The highest BCUT2D eigenvalue weighted by molar-refractivity contribution is 9.10. The van der Waals surface area contributed by atoms with Gasteiger partial charge >= 0.3 is 0 Å². The molecule has 0 radical (unpaired) electrons. The number of fused-ring (bicyclic) bond motifs is 1. The van der Waals surface area contributed by atoms with Crippen LogP contribution in [0.3, 0.4) is 0 Å². The molecule has 0 spiro atoms. The molecule has 0 saturated heterocycles. The molecule has 0 aliphatic carbocycles. The van der Waals surface area contributed by atoms with Gasteiger partial charge in [-0.1, -0.05) is 53.2 Å². The molecule has 1 aliphatic rings. The quantitative estimate of drug-likeness (QED) is 0.291. The van der Waals surface area contributed by atoms with Crippen LogP contribution in [0.4, 0.5) is 5.69 Å². The fourth-order valence-corrected chi connectivity index (χ4v) is 4.60. The van der Waals surface area contributed by atoms with Crippen LogP contribution in [-0.4, -0.2) is 19.6 Å². The van der Waals surface area contributed by atoms with Gasteiger partial charge < -0.3 is 14.4 Å². The third-order valence-corrected chi connectivity index (χ3v) is 6.38. The normalized spacial score (nSPS) is 14.1. The van der Waals surface area contributed by atoms with Gasteiger partial charge in [-0.25, -0.2) is 0 Å². The van der Waals surface area contributed by atoms with E-state index in [9.17, 15) is 4.79 Å². The van der Waals surface area contributed by atoms with Crippen LogP contribution < -0.4 is 14.4 Å². The predicted octanol–water partition coefficient (Wildman–Crippen LogP) is 7.10. The first kappa shape index (κ1) is 22.6. The fourth-order valence-electron chi connectivity index (χ4n) is 3.76. The van der Waals surface area contributed by atoms with Crippen molar-refractivity contribution >= 4 is 55.1 Å². The highest BCUT2D eigenvalue weighted by Gasteiger charge is 2.31. The number of para-hydroxylation sites is 1. The summed E-state index contributed by atoms with van der Waals surface area (Å²) in [6, 6.07) is 19.8. The number of halogens is 2. The van der Waals surface area contributed by atoms with Crippen LogP contribution in [0, 0.1) is 0 Å². The molecule has 4 nitrogen and oxygen atoms in total. The minimum atomic E-state index is 0.0266. The van der Waals surface area contributed by atoms with Gasteiger partial charge in [0.1, 0.15) is 6.61 Å². The molecule has 0 saturated carbocycles. The van der Waals surface area contributed by atoms with Crippen LogP contribution in [0.2, 0.25) is 0 Å². The van der Waals surface area contributed by atoms with Crippen molar-refractivity contribution in [3.05, 3.63) is 86.3 Å². The summed E-state index contributed by atoms with van der Waals surface area (Å²) >= 11 is 7.07. The van der Waals surface area contributed by atoms with E-state index < -0.39 is 0 Å². The Balaban J connectivity index is 1.65. The van der Waals surface area contributed by atoms with Gasteiger partial charge in [-0.15, -0.1) is 0 Å². The molecule has 1 heterocycles. The average Bonchev–Trinajstić information content (AvgIpc) is 3.05. The zero-order valence-corrected chi connectivity index (χ0v) is 21.1. The SMILES string of the molecule is CCCN1C(=O)/C(=C\c2cc(Br)c(OCc3ccc(Br)cc3)c(OC)c2)c2ccccc21. The minimum Gasteiger partial charge on any atom is -0.493 e. The molecule has 3 aromatic rings. The van der Waals surface area contributed by atoms with E-state index in [1.54, 1.807) is 7.11 Å². The van der Waals surface area contributed by atoms with Crippen molar-refractivity contribution in [1.29, 1.82) is 0 Å². The molecule has 164 valence electrons. The van der Waals surface area contributed by atoms with Crippen LogP contribution in [0.15, 0.2) is 69.6 Å². The first-order valence-electron chi connectivity index (χ1n) is 10.4. The van der Waals surface area contributed by atoms with Crippen molar-refractivity contribution in [2.24, 2.45) is 0 Å². The molecule has 0 aromatic heterocycles. The zero-order valence-electron chi connectivity index (χ0n) is 17.9. The highest BCUT2D eigenvalue weighted by Crippen LogP contribution is 2.41. The third kappa shape index (κ3) is 4.62. The summed E-state index contributed by atoms with van der Waals surface area (Å²) in [6.45, 7) is 3.19. The second-order valence-electron chi connectivity index (χ2n) is 7.48. The molecule has 0 unspecified atom stereocenters. The molecule has 3 aromatic carbocycles. The molecule has 0 bridgehead atoms. The molecule has 0 N–H and O–H groups in total. The van der Waals surface area contributed by atoms with Crippen molar-refractivity contribution in [1.82, 2.24) is 0 Å². The van der Waals surface area contributed by atoms with Gasteiger partial charge in [0, 0.05) is 22.2 Å². The molecule has 32 heavy (non-hydrogen) atoms. The summed E-state index contributed by atoms with van der Waals surface area (Å²) in [4.78, 5) is 15.0. The van der Waals surface area contributed by atoms with E-state index in [0.717, 1.165) is 37.7 Å². The van der Waals surface area contributed by atoms with Crippen LogP contribution >= 0.6 is 31.9 Å². The summed E-state index contributed by atoms with van der Waals surface area (Å²) in [7, 11) is 1.62. The number of methoxy groups -OCH3 is 1. The van der Waals surface area contributed by atoms with Crippen molar-refractivity contribution in [3.63, 3.8) is 0 Å². The van der Waals surface area contributed by atoms with Crippen molar-refractivity contribution < 1.29 is 14.3 Å². The first-order chi connectivity index (χ1) is 15.5. The lowest BCUT2D eigenvalue weighted by molar-refractivity contribution is -0.113. The lowest BCUT2D eigenvalue weighted by atomic mass is 10.0. The lowest BCUT2D eigenvalue weighted by Crippen LogP contribution is -2.26. The van der Waals surface area contributed by atoms with Crippen LogP contribution in [0.25, 0.3) is 11.6 Å². The fraction of sp³-hybridized carbons (Fsp3) is 0.192. The second kappa shape index (κ2) is 9.92. The zero-order chi connectivity index (χ0) is 22.7. The number of hydrogen-bond donors (Lipinski definition) is 0. The van der Waals surface area contributed by atoms with E-state index in [0.29, 0.717) is 30.2 Å². The van der Waals surface area contributed by atoms with Gasteiger partial charge in [-0.3, -0.25) is 4.79 Å². The Morgan fingerprint density at radius 2 is 1.78 bits per heavy atom. The molecule has 0 atom stereocenters. The van der Waals surface area contributed by atoms with E-state index in [1.807, 2.05) is 71.6 Å². The standard InChI is InChI=1S/C26H23Br2NO3/c1-3-12-29-23-7-5-4-6-20(23)21(26(29)30)13-18-14-22(28)25(24(15-18)31-2)32-16-17-8-10-19(27)11-9-17/h4-11,13-15H,3,12,16H2,1-2H3/b21-13-. The van der Waals surface area contributed by atoms with Crippen LogP contribution in [0.1, 0.15) is 30.0 Å². The molecule has 6 heteroatoms. The lowest BCUT2D eigenvalue weighted by Gasteiger charge is -2.15. The molecule has 0 fully saturated rings. The summed E-state index contributed by atoms with van der Waals surface area (Å²) in [5, 5.41) is 0. The van der Waals surface area contributed by atoms with E-state index in [2.05, 4.69) is 38.8 Å². The number of benzene rings is 3. The van der Waals surface area contributed by atoms with Gasteiger partial charge in [0.25, 0.3) is 5.91 Å². The van der Waals surface area contributed by atoms with E-state index >= 15 is 0 Å². The number of ether oxygens (including phenoxy) is 2. The Hall–Kier alpha value is -2.57. The molecular weight excluding hydrogens is 534 g/mol. The first-order valence-corrected chi connectivity index (χ1v) is 12.0. The van der Waals surface area contributed by atoms with Gasteiger partial charge in [0.15, 0.2) is 11.5 Å². The Labute approximate surface area is 205 Å². The Kier molecular flexibility index (Phi) is 7.01. The number of rotatable bonds is 7. The molecule has 1 aliphatic heterocycles. The van der Waals surface area contributed by atoms with Crippen molar-refractivity contribution in [2.45, 2.75) is 20.0 Å². The maximum Gasteiger partial charge on any atom is 0.258 e. The van der Waals surface area contributed by atoms with Gasteiger partial charge in [0.05, 0.1) is 17.3 Å². The summed E-state index contributed by atoms with van der Waals surface area (Å²) < 4.78 is 13.5. The minimum absolute atomic E-state index is 0.0266. The van der Waals surface area contributed by atoms with Gasteiger partial charge in [0.2, 0.25) is 0 Å². The smallest absolute Gasteiger partial charge is 0.258 e. The summed E-state index contributed by atoms with van der Waals surface area (Å²) in [5.41, 5.74) is 4.52. The summed E-state index contributed by atoms with van der Waals surface area (Å²) in [5.74, 6) is 1.26. The van der Waals surface area contributed by atoms with Crippen molar-refractivity contribution in [2.75, 3.05) is 18.6 Å². The van der Waals surface area contributed by atoms with Crippen LogP contribution in [0.5, 0.6) is 11.5 Å². The van der Waals surface area contributed by atoms with Gasteiger partial charge in [-0.2, -0.15) is 0 Å². The molecular formula is C26H23Br2NO3. The van der Waals surface area contributed by atoms with Gasteiger partial charge in [-0.05, 0) is 69.9 Å². The maximum atomic E-state index is 13.1. The average molecular weight is 557 g/mol. The van der Waals surface area contributed by atoms with Crippen LogP contribution in [-0.2, 0) is 11.4 Å². The van der Waals surface area contributed by atoms with E-state index in [4.69, 9.17) is 9.47 Å². The largest absolute Gasteiger partial charge is 0.493 e. The maximum absolute atomic E-state index is 13.1. The third-order valence-electron chi connectivity index (χ3n) is 5.27. The predicted molar refractivity (Wildman–Crippen MR) is 136 cm³/mol. The topological polar surface area (TPSA) is 38.8 Å². The number of amides is 1. The van der Waals surface area contributed by atoms with E-state index in [1.165, 1.54) is 0 Å². The monoisotopic (exact) mass is 555 g/mol. The number of anilines is 1. The second-order valence-corrected chi connectivity index (χ2v) is 9.25. The van der Waals surface area contributed by atoms with E-state index in [-0.39, 0.29) is 5.91 Å². The van der Waals surface area contributed by atoms with Crippen molar-refractivity contribution in [3.8, 4) is 11.5 Å². The highest BCUT2D eigenvalue weighted by atomic mass is 79.9. The Morgan fingerprint density at radius 1 is 1.03 bits per heavy atom. The molecule has 4 rings (SSSR count). The number of nitrogens with zero attached hydrogens (tertiary/aromatic N) is 1. The number of carbonyl (C=O) groups is 1. The number of carbonyl (C=O) groups excluding carboxylic acids is 1. The molecule has 1 amide bonds. The Bertz CT molecular complexity index is 1170.